The summed E-state index contributed by atoms with van der Waals surface area (Å²) in [6.45, 7) is 7.08. The molecule has 2 rings (SSSR count). The van der Waals surface area contributed by atoms with Gasteiger partial charge in [0.25, 0.3) is 10.2 Å². The highest BCUT2D eigenvalue weighted by Crippen LogP contribution is 2.16. The van der Waals surface area contributed by atoms with Gasteiger partial charge < -0.3 is 9.26 Å². The highest BCUT2D eigenvalue weighted by Gasteiger charge is 2.28. The van der Waals surface area contributed by atoms with E-state index >= 15 is 0 Å². The van der Waals surface area contributed by atoms with Crippen molar-refractivity contribution < 1.29 is 17.7 Å². The van der Waals surface area contributed by atoms with Crippen molar-refractivity contribution in [3.8, 4) is 0 Å². The average Bonchev–Trinajstić information content (AvgIpc) is 2.89. The van der Waals surface area contributed by atoms with Gasteiger partial charge in [-0.25, -0.2) is 0 Å². The van der Waals surface area contributed by atoms with Gasteiger partial charge in [-0.05, 0) is 6.92 Å². The van der Waals surface area contributed by atoms with E-state index in [9.17, 15) is 8.42 Å². The van der Waals surface area contributed by atoms with Gasteiger partial charge >= 0.3 is 0 Å². The van der Waals surface area contributed by atoms with Crippen molar-refractivity contribution in [3.63, 3.8) is 0 Å². The van der Waals surface area contributed by atoms with Crippen LogP contribution < -0.4 is 4.72 Å². The third kappa shape index (κ3) is 3.54. The van der Waals surface area contributed by atoms with Gasteiger partial charge in [-0.3, -0.25) is 0 Å². The molecule has 0 radical (unpaired) electrons. The van der Waals surface area contributed by atoms with E-state index in [1.165, 1.54) is 4.31 Å². The minimum Gasteiger partial charge on any atom is -0.379 e. The molecule has 8 nitrogen and oxygen atoms in total. The highest BCUT2D eigenvalue weighted by atomic mass is 32.2. The van der Waals surface area contributed by atoms with Crippen molar-refractivity contribution >= 4 is 10.2 Å². The zero-order valence-electron chi connectivity index (χ0n) is 11.9. The standard InChI is InChI=1S/C11H20N4O4S/c1-8(2)10-12-11(19-13-10)9(3)14-20(16,17)15-4-6-18-7-5-15/h8-9,14H,4-7H2,1-3H3. The van der Waals surface area contributed by atoms with Gasteiger partial charge in [0.05, 0.1) is 19.3 Å². The van der Waals surface area contributed by atoms with Gasteiger partial charge in [0, 0.05) is 19.0 Å². The van der Waals surface area contributed by atoms with Crippen LogP contribution in [0, 0.1) is 0 Å². The molecule has 1 aliphatic heterocycles. The predicted molar refractivity (Wildman–Crippen MR) is 71.2 cm³/mol. The molecule has 9 heteroatoms. The van der Waals surface area contributed by atoms with E-state index in [0.29, 0.717) is 32.1 Å². The molecule has 0 aromatic carbocycles. The van der Waals surface area contributed by atoms with E-state index in [0.717, 1.165) is 0 Å². The second kappa shape index (κ2) is 6.17. The normalized spacial score (nSPS) is 19.4. The Labute approximate surface area is 118 Å². The second-order valence-corrected chi connectivity index (χ2v) is 6.70. The molecule has 0 amide bonds. The highest BCUT2D eigenvalue weighted by molar-refractivity contribution is 7.87. The molecule has 1 fully saturated rings. The summed E-state index contributed by atoms with van der Waals surface area (Å²) in [5.41, 5.74) is 0. The molecule has 1 atom stereocenters. The zero-order valence-corrected chi connectivity index (χ0v) is 12.7. The number of hydrogen-bond acceptors (Lipinski definition) is 6. The van der Waals surface area contributed by atoms with Crippen LogP contribution in [0.4, 0.5) is 0 Å². The molecule has 0 saturated carbocycles. The Morgan fingerprint density at radius 2 is 1.90 bits per heavy atom. The van der Waals surface area contributed by atoms with Gasteiger partial charge in [-0.15, -0.1) is 0 Å². The molecule has 1 saturated heterocycles. The van der Waals surface area contributed by atoms with Gasteiger partial charge in [0.2, 0.25) is 5.89 Å². The van der Waals surface area contributed by atoms with Crippen LogP contribution in [0.25, 0.3) is 0 Å². The summed E-state index contributed by atoms with van der Waals surface area (Å²) < 4.78 is 38.5. The molecule has 1 aromatic heterocycles. The Bertz CT molecular complexity index is 536. The minimum absolute atomic E-state index is 0.135. The number of morpholine rings is 1. The summed E-state index contributed by atoms with van der Waals surface area (Å²) >= 11 is 0. The third-order valence-corrected chi connectivity index (χ3v) is 4.68. The van der Waals surface area contributed by atoms with E-state index in [2.05, 4.69) is 14.9 Å². The lowest BCUT2D eigenvalue weighted by atomic mass is 10.2. The van der Waals surface area contributed by atoms with E-state index in [-0.39, 0.29) is 11.8 Å². The molecule has 0 spiro atoms. The van der Waals surface area contributed by atoms with Crippen LogP contribution in [0.3, 0.4) is 0 Å². The van der Waals surface area contributed by atoms with Crippen molar-refractivity contribution in [2.75, 3.05) is 26.3 Å². The maximum Gasteiger partial charge on any atom is 0.280 e. The number of aromatic nitrogens is 2. The largest absolute Gasteiger partial charge is 0.379 e. The molecule has 2 heterocycles. The molecular weight excluding hydrogens is 284 g/mol. The van der Waals surface area contributed by atoms with Crippen molar-refractivity contribution in [1.29, 1.82) is 0 Å². The fourth-order valence-electron chi connectivity index (χ4n) is 1.79. The van der Waals surface area contributed by atoms with E-state index in [4.69, 9.17) is 9.26 Å². The van der Waals surface area contributed by atoms with Gasteiger partial charge in [-0.1, -0.05) is 19.0 Å². The first-order chi connectivity index (χ1) is 9.40. The third-order valence-electron chi connectivity index (χ3n) is 2.98. The first-order valence-corrected chi connectivity index (χ1v) is 8.03. The Morgan fingerprint density at radius 1 is 1.25 bits per heavy atom. The first kappa shape index (κ1) is 15.4. The van der Waals surface area contributed by atoms with Gasteiger partial charge in [0.1, 0.15) is 0 Å². The molecular formula is C11H20N4O4S. The lowest BCUT2D eigenvalue weighted by molar-refractivity contribution is 0.0722. The maximum atomic E-state index is 12.2. The number of rotatable bonds is 5. The SMILES string of the molecule is CC(C)c1noc(C(C)NS(=O)(=O)N2CCOCC2)n1. The molecule has 114 valence electrons. The molecule has 1 N–H and O–H groups in total. The maximum absolute atomic E-state index is 12.2. The van der Waals surface area contributed by atoms with Crippen molar-refractivity contribution in [1.82, 2.24) is 19.2 Å². The lowest BCUT2D eigenvalue weighted by Crippen LogP contribution is -2.47. The summed E-state index contributed by atoms with van der Waals surface area (Å²) in [7, 11) is -3.57. The Kier molecular flexibility index (Phi) is 4.74. The topological polar surface area (TPSA) is 97.6 Å². The quantitative estimate of drug-likeness (QED) is 0.846. The number of nitrogens with one attached hydrogen (secondary N) is 1. The molecule has 0 bridgehead atoms. The van der Waals surface area contributed by atoms with Gasteiger partial charge in [-0.2, -0.15) is 22.4 Å². The lowest BCUT2D eigenvalue weighted by Gasteiger charge is -2.26. The Hall–Kier alpha value is -1.03. The summed E-state index contributed by atoms with van der Waals surface area (Å²) in [5.74, 6) is 0.971. The fourth-order valence-corrected chi connectivity index (χ4v) is 3.12. The van der Waals surface area contributed by atoms with Crippen LogP contribution in [-0.4, -0.2) is 49.2 Å². The van der Waals surface area contributed by atoms with E-state index < -0.39 is 16.3 Å². The molecule has 1 unspecified atom stereocenters. The van der Waals surface area contributed by atoms with Crippen LogP contribution in [0.15, 0.2) is 4.52 Å². The van der Waals surface area contributed by atoms with Crippen LogP contribution in [0.1, 0.15) is 44.4 Å². The predicted octanol–water partition coefficient (Wildman–Crippen LogP) is 0.421. The van der Waals surface area contributed by atoms with E-state index in [1.807, 2.05) is 13.8 Å². The Balaban J connectivity index is 2.03. The number of hydrogen-bond donors (Lipinski definition) is 1. The van der Waals surface area contributed by atoms with Crippen LogP contribution >= 0.6 is 0 Å². The first-order valence-electron chi connectivity index (χ1n) is 6.59. The Morgan fingerprint density at radius 3 is 2.45 bits per heavy atom. The fraction of sp³-hybridized carbons (Fsp3) is 0.818. The molecule has 1 aromatic rings. The van der Waals surface area contributed by atoms with Crippen LogP contribution in [0.5, 0.6) is 0 Å². The molecule has 0 aliphatic carbocycles. The summed E-state index contributed by atoms with van der Waals surface area (Å²) in [6.07, 6.45) is 0. The summed E-state index contributed by atoms with van der Waals surface area (Å²) in [4.78, 5) is 4.19. The van der Waals surface area contributed by atoms with Gasteiger partial charge in [0.15, 0.2) is 5.82 Å². The van der Waals surface area contributed by atoms with Crippen LogP contribution in [-0.2, 0) is 14.9 Å². The molecule has 1 aliphatic rings. The minimum atomic E-state index is -3.57. The molecule has 20 heavy (non-hydrogen) atoms. The number of nitrogens with zero attached hydrogens (tertiary/aromatic N) is 3. The summed E-state index contributed by atoms with van der Waals surface area (Å²) in [5, 5.41) is 3.82. The van der Waals surface area contributed by atoms with Crippen molar-refractivity contribution in [3.05, 3.63) is 11.7 Å². The van der Waals surface area contributed by atoms with Crippen molar-refractivity contribution in [2.45, 2.75) is 32.7 Å². The summed E-state index contributed by atoms with van der Waals surface area (Å²) in [6, 6.07) is -0.567. The van der Waals surface area contributed by atoms with Crippen LogP contribution in [0.2, 0.25) is 0 Å². The second-order valence-electron chi connectivity index (χ2n) is 5.00. The number of ether oxygens (including phenoxy) is 1. The zero-order chi connectivity index (χ0) is 14.8. The smallest absolute Gasteiger partial charge is 0.280 e. The monoisotopic (exact) mass is 304 g/mol. The van der Waals surface area contributed by atoms with Crippen molar-refractivity contribution in [2.24, 2.45) is 0 Å². The average molecular weight is 304 g/mol. The van der Waals surface area contributed by atoms with E-state index in [1.54, 1.807) is 6.92 Å².